The van der Waals surface area contributed by atoms with Crippen LogP contribution in [0.25, 0.3) is 0 Å². The fraction of sp³-hybridized carbons (Fsp3) is 1.00. The topological polar surface area (TPSA) is 12.0 Å². The van der Waals surface area contributed by atoms with Crippen molar-refractivity contribution in [2.75, 3.05) is 0 Å². The summed E-state index contributed by atoms with van der Waals surface area (Å²) in [5.74, 6) is -2.52. The first kappa shape index (κ1) is 11.9. The zero-order valence-corrected chi connectivity index (χ0v) is 10.4. The van der Waals surface area contributed by atoms with Gasteiger partial charge in [-0.05, 0) is 31.6 Å². The Balaban J connectivity index is 1.78. The van der Waals surface area contributed by atoms with Crippen LogP contribution in [0.5, 0.6) is 0 Å². The van der Waals surface area contributed by atoms with Gasteiger partial charge in [-0.15, -0.1) is 0 Å². The summed E-state index contributed by atoms with van der Waals surface area (Å²) < 4.78 is 28.6. The molecule has 2 heterocycles. The van der Waals surface area contributed by atoms with Crippen molar-refractivity contribution in [1.29, 1.82) is 0 Å². The van der Waals surface area contributed by atoms with Crippen LogP contribution >= 0.6 is 0 Å². The largest absolute Gasteiger partial charge is 0.310 e. The molecule has 1 nitrogen and oxygen atoms in total. The van der Waals surface area contributed by atoms with E-state index in [1.54, 1.807) is 0 Å². The smallest absolute Gasteiger partial charge is 0.254 e. The lowest BCUT2D eigenvalue weighted by atomic mass is 9.75. The molecule has 2 bridgehead atoms. The van der Waals surface area contributed by atoms with Crippen molar-refractivity contribution in [3.63, 3.8) is 0 Å². The highest BCUT2D eigenvalue weighted by Gasteiger charge is 2.55. The second-order valence-corrected chi connectivity index (χ2v) is 6.29. The van der Waals surface area contributed by atoms with Crippen molar-refractivity contribution >= 4 is 0 Å². The maximum atomic E-state index is 14.3. The highest BCUT2D eigenvalue weighted by atomic mass is 19.3. The summed E-state index contributed by atoms with van der Waals surface area (Å²) in [7, 11) is 0. The maximum Gasteiger partial charge on any atom is 0.254 e. The molecular weight excluding hydrogens is 220 g/mol. The Labute approximate surface area is 102 Å². The predicted molar refractivity (Wildman–Crippen MR) is 64.2 cm³/mol. The molecule has 0 aromatic heterocycles. The molecule has 1 N–H and O–H groups in total. The third kappa shape index (κ3) is 2.23. The maximum absolute atomic E-state index is 14.3. The summed E-state index contributed by atoms with van der Waals surface area (Å²) in [5.41, 5.74) is 0. The van der Waals surface area contributed by atoms with Crippen molar-refractivity contribution in [3.8, 4) is 0 Å². The van der Waals surface area contributed by atoms with Crippen molar-refractivity contribution in [2.45, 2.75) is 75.8 Å². The van der Waals surface area contributed by atoms with Crippen LogP contribution in [0.4, 0.5) is 8.78 Å². The van der Waals surface area contributed by atoms with Gasteiger partial charge in [0, 0.05) is 24.4 Å². The van der Waals surface area contributed by atoms with Crippen LogP contribution in [-0.4, -0.2) is 18.0 Å². The summed E-state index contributed by atoms with van der Waals surface area (Å²) in [6, 6.07) is 0.198. The molecule has 0 radical (unpaired) electrons. The summed E-state index contributed by atoms with van der Waals surface area (Å²) in [5, 5.41) is 3.43. The van der Waals surface area contributed by atoms with Crippen molar-refractivity contribution in [3.05, 3.63) is 0 Å². The highest BCUT2D eigenvalue weighted by molar-refractivity contribution is 5.03. The minimum Gasteiger partial charge on any atom is -0.310 e. The highest BCUT2D eigenvalue weighted by Crippen LogP contribution is 2.48. The average Bonchev–Trinajstić information content (AvgIpc) is 2.50. The number of hydrogen-bond acceptors (Lipinski definition) is 1. The van der Waals surface area contributed by atoms with E-state index in [1.807, 2.05) is 0 Å². The Morgan fingerprint density at radius 1 is 0.882 bits per heavy atom. The Kier molecular flexibility index (Phi) is 3.14. The van der Waals surface area contributed by atoms with Crippen LogP contribution in [0.2, 0.25) is 0 Å². The van der Waals surface area contributed by atoms with Crippen LogP contribution in [0.1, 0.15) is 57.8 Å². The molecule has 0 amide bonds. The van der Waals surface area contributed by atoms with E-state index in [2.05, 4.69) is 5.32 Å². The third-order valence-electron chi connectivity index (χ3n) is 5.12. The fourth-order valence-electron chi connectivity index (χ4n) is 4.40. The molecule has 3 aliphatic rings. The minimum atomic E-state index is -2.41. The van der Waals surface area contributed by atoms with Gasteiger partial charge in [-0.2, -0.15) is 0 Å². The second kappa shape index (κ2) is 4.49. The van der Waals surface area contributed by atoms with Gasteiger partial charge in [0.05, 0.1) is 0 Å². The zero-order chi connectivity index (χ0) is 11.9. The lowest BCUT2D eigenvalue weighted by Crippen LogP contribution is -2.54. The molecule has 1 saturated carbocycles. The lowest BCUT2D eigenvalue weighted by Gasteiger charge is -2.41. The van der Waals surface area contributed by atoms with Gasteiger partial charge in [0.2, 0.25) is 0 Å². The standard InChI is InChI=1S/C14H23F2N/c15-14(16)9-11-7-8-12(17-11)13(14)10-5-3-1-2-4-6-10/h10-13,17H,1-9H2. The van der Waals surface area contributed by atoms with Crippen LogP contribution in [0.3, 0.4) is 0 Å². The molecule has 2 aliphatic heterocycles. The van der Waals surface area contributed by atoms with Crippen LogP contribution < -0.4 is 5.32 Å². The van der Waals surface area contributed by atoms with Crippen molar-refractivity contribution in [1.82, 2.24) is 5.32 Å². The molecule has 3 unspecified atom stereocenters. The van der Waals surface area contributed by atoms with Crippen molar-refractivity contribution in [2.24, 2.45) is 11.8 Å². The normalized spacial score (nSPS) is 42.4. The van der Waals surface area contributed by atoms with Gasteiger partial charge in [0.1, 0.15) is 0 Å². The van der Waals surface area contributed by atoms with Gasteiger partial charge in [-0.3, -0.25) is 0 Å². The van der Waals surface area contributed by atoms with Crippen LogP contribution in [0, 0.1) is 11.8 Å². The van der Waals surface area contributed by atoms with E-state index in [0.717, 1.165) is 38.5 Å². The zero-order valence-electron chi connectivity index (χ0n) is 10.4. The molecule has 2 saturated heterocycles. The minimum absolute atomic E-state index is 0.0880. The van der Waals surface area contributed by atoms with E-state index in [0.29, 0.717) is 0 Å². The SMILES string of the molecule is FC1(F)CC2CCC(N2)C1C1CCCCCC1. The van der Waals surface area contributed by atoms with Gasteiger partial charge in [0.25, 0.3) is 5.92 Å². The van der Waals surface area contributed by atoms with E-state index < -0.39 is 5.92 Å². The van der Waals surface area contributed by atoms with Gasteiger partial charge in [0.15, 0.2) is 0 Å². The molecule has 98 valence electrons. The summed E-state index contributed by atoms with van der Waals surface area (Å²) >= 11 is 0. The molecule has 3 heteroatoms. The molecule has 0 aromatic carbocycles. The number of hydrogen-bond donors (Lipinski definition) is 1. The lowest BCUT2D eigenvalue weighted by molar-refractivity contribution is -0.119. The number of alkyl halides is 2. The number of fused-ring (bicyclic) bond motifs is 2. The number of piperidine rings is 1. The quantitative estimate of drug-likeness (QED) is 0.692. The molecule has 17 heavy (non-hydrogen) atoms. The van der Waals surface area contributed by atoms with E-state index in [9.17, 15) is 8.78 Å². The molecule has 3 rings (SSSR count). The monoisotopic (exact) mass is 243 g/mol. The van der Waals surface area contributed by atoms with Gasteiger partial charge in [-0.1, -0.05) is 25.7 Å². The van der Waals surface area contributed by atoms with Gasteiger partial charge in [-0.25, -0.2) is 8.78 Å². The Morgan fingerprint density at radius 2 is 1.59 bits per heavy atom. The number of halogens is 2. The van der Waals surface area contributed by atoms with E-state index in [4.69, 9.17) is 0 Å². The Bertz CT molecular complexity index is 271. The Hall–Kier alpha value is -0.180. The number of rotatable bonds is 1. The number of nitrogens with one attached hydrogen (secondary N) is 1. The van der Waals surface area contributed by atoms with E-state index >= 15 is 0 Å². The van der Waals surface area contributed by atoms with Crippen LogP contribution in [-0.2, 0) is 0 Å². The van der Waals surface area contributed by atoms with Gasteiger partial charge >= 0.3 is 0 Å². The van der Waals surface area contributed by atoms with E-state index in [1.165, 1.54) is 12.8 Å². The summed E-state index contributed by atoms with van der Waals surface area (Å²) in [6.07, 6.45) is 8.90. The second-order valence-electron chi connectivity index (χ2n) is 6.29. The molecular formula is C14H23F2N. The third-order valence-corrected chi connectivity index (χ3v) is 5.12. The molecule has 1 aliphatic carbocycles. The first-order valence-electron chi connectivity index (χ1n) is 7.31. The first-order valence-corrected chi connectivity index (χ1v) is 7.31. The fourth-order valence-corrected chi connectivity index (χ4v) is 4.40. The molecule has 3 atom stereocenters. The van der Waals surface area contributed by atoms with Gasteiger partial charge < -0.3 is 5.32 Å². The van der Waals surface area contributed by atoms with Crippen LogP contribution in [0.15, 0.2) is 0 Å². The average molecular weight is 243 g/mol. The van der Waals surface area contributed by atoms with E-state index in [-0.39, 0.29) is 30.3 Å². The first-order chi connectivity index (χ1) is 8.17. The Morgan fingerprint density at radius 3 is 2.29 bits per heavy atom. The summed E-state index contributed by atoms with van der Waals surface area (Å²) in [4.78, 5) is 0. The molecule has 0 aromatic rings. The summed E-state index contributed by atoms with van der Waals surface area (Å²) in [6.45, 7) is 0. The molecule has 0 spiro atoms. The molecule has 3 fully saturated rings. The predicted octanol–water partition coefficient (Wildman–Crippen LogP) is 3.73. The van der Waals surface area contributed by atoms with Crippen molar-refractivity contribution < 1.29 is 8.78 Å².